The Kier molecular flexibility index (Phi) is 4.80. The first-order valence-corrected chi connectivity index (χ1v) is 8.50. The second-order valence-electron chi connectivity index (χ2n) is 5.68. The van der Waals surface area contributed by atoms with Crippen molar-refractivity contribution < 1.29 is 5.11 Å². The lowest BCUT2D eigenvalue weighted by molar-refractivity contribution is 0.215. The highest BCUT2D eigenvalue weighted by molar-refractivity contribution is 7.98. The molecule has 2 rings (SSSR count). The van der Waals surface area contributed by atoms with Crippen LogP contribution in [0.4, 0.5) is 0 Å². The summed E-state index contributed by atoms with van der Waals surface area (Å²) in [6.07, 6.45) is 1.49. The largest absolute Gasteiger partial charge is 0.384 e. The Hall–Kier alpha value is -1.25. The Bertz CT molecular complexity index is 645. The molecule has 0 aliphatic carbocycles. The Morgan fingerprint density at radius 1 is 0.810 bits per heavy atom. The summed E-state index contributed by atoms with van der Waals surface area (Å²) in [5, 5.41) is 11.0. The monoisotopic (exact) mass is 300 g/mol. The zero-order valence-corrected chi connectivity index (χ0v) is 14.6. The zero-order valence-electron chi connectivity index (χ0n) is 13.7. The molecule has 0 bridgehead atoms. The number of aliphatic hydroxyl groups is 1. The van der Waals surface area contributed by atoms with Gasteiger partial charge in [-0.3, -0.25) is 0 Å². The Balaban J connectivity index is 2.67. The second kappa shape index (κ2) is 6.25. The van der Waals surface area contributed by atoms with Gasteiger partial charge in [0.15, 0.2) is 0 Å². The molecule has 112 valence electrons. The van der Waals surface area contributed by atoms with Crippen LogP contribution in [0.3, 0.4) is 0 Å². The minimum Gasteiger partial charge on any atom is -0.384 e. The van der Waals surface area contributed by atoms with E-state index in [2.05, 4.69) is 46.9 Å². The van der Waals surface area contributed by atoms with Crippen LogP contribution in [0.1, 0.15) is 45.0 Å². The maximum atomic E-state index is 11.0. The maximum Gasteiger partial charge on any atom is 0.106 e. The van der Waals surface area contributed by atoms with Gasteiger partial charge in [-0.2, -0.15) is 0 Å². The molecule has 0 aliphatic rings. The quantitative estimate of drug-likeness (QED) is 0.802. The Morgan fingerprint density at radius 2 is 1.29 bits per heavy atom. The number of thioether (sulfide) groups is 1. The number of hydrogen-bond acceptors (Lipinski definition) is 2. The van der Waals surface area contributed by atoms with E-state index in [1.54, 1.807) is 11.8 Å². The van der Waals surface area contributed by atoms with Crippen molar-refractivity contribution in [1.29, 1.82) is 0 Å². The van der Waals surface area contributed by atoms with Crippen molar-refractivity contribution in [3.8, 4) is 0 Å². The van der Waals surface area contributed by atoms with E-state index in [0.29, 0.717) is 0 Å². The summed E-state index contributed by atoms with van der Waals surface area (Å²) < 4.78 is 0. The van der Waals surface area contributed by atoms with E-state index in [1.165, 1.54) is 27.8 Å². The number of benzene rings is 2. The van der Waals surface area contributed by atoms with E-state index in [1.807, 2.05) is 18.2 Å². The molecule has 0 spiro atoms. The molecular weight excluding hydrogens is 276 g/mol. The summed E-state index contributed by atoms with van der Waals surface area (Å²) in [4.78, 5) is 1.14. The highest BCUT2D eigenvalue weighted by atomic mass is 32.2. The van der Waals surface area contributed by atoms with E-state index < -0.39 is 6.10 Å². The first-order chi connectivity index (χ1) is 9.90. The van der Waals surface area contributed by atoms with Crippen LogP contribution in [0.25, 0.3) is 0 Å². The van der Waals surface area contributed by atoms with Gasteiger partial charge in [0.05, 0.1) is 0 Å². The van der Waals surface area contributed by atoms with Crippen LogP contribution < -0.4 is 0 Å². The molecule has 0 saturated heterocycles. The van der Waals surface area contributed by atoms with Gasteiger partial charge in [-0.25, -0.2) is 0 Å². The summed E-state index contributed by atoms with van der Waals surface area (Å²) in [5.41, 5.74) is 8.38. The minimum absolute atomic E-state index is 0.563. The van der Waals surface area contributed by atoms with Crippen molar-refractivity contribution in [3.05, 3.63) is 63.2 Å². The van der Waals surface area contributed by atoms with Gasteiger partial charge in [0.2, 0.25) is 0 Å². The van der Waals surface area contributed by atoms with Crippen LogP contribution in [0.2, 0.25) is 0 Å². The van der Waals surface area contributed by atoms with E-state index in [9.17, 15) is 5.11 Å². The molecule has 21 heavy (non-hydrogen) atoms. The molecule has 1 atom stereocenters. The lowest BCUT2D eigenvalue weighted by atomic mass is 9.85. The van der Waals surface area contributed by atoms with Crippen LogP contribution in [0.5, 0.6) is 0 Å². The first kappa shape index (κ1) is 16.1. The molecular formula is C19H24OS. The fourth-order valence-electron chi connectivity index (χ4n) is 2.99. The molecule has 2 aromatic carbocycles. The summed E-state index contributed by atoms with van der Waals surface area (Å²) in [7, 11) is 0. The predicted octanol–water partition coefficient (Wildman–Crippen LogP) is 5.03. The SMILES string of the molecule is CSc1ccccc1C(O)c1c(C)c(C)c(C)c(C)c1C. The highest BCUT2D eigenvalue weighted by Crippen LogP contribution is 2.36. The molecule has 0 radical (unpaired) electrons. The van der Waals surface area contributed by atoms with Crippen molar-refractivity contribution in [2.75, 3.05) is 6.26 Å². The van der Waals surface area contributed by atoms with E-state index in [4.69, 9.17) is 0 Å². The zero-order chi connectivity index (χ0) is 15.7. The average Bonchev–Trinajstić information content (AvgIpc) is 2.51. The molecule has 1 unspecified atom stereocenters. The van der Waals surface area contributed by atoms with Crippen LogP contribution >= 0.6 is 11.8 Å². The third-order valence-corrected chi connectivity index (χ3v) is 5.58. The van der Waals surface area contributed by atoms with Crippen LogP contribution in [0, 0.1) is 34.6 Å². The van der Waals surface area contributed by atoms with Gasteiger partial charge >= 0.3 is 0 Å². The van der Waals surface area contributed by atoms with E-state index in [0.717, 1.165) is 16.0 Å². The lowest BCUT2D eigenvalue weighted by Gasteiger charge is -2.24. The van der Waals surface area contributed by atoms with Gasteiger partial charge in [-0.15, -0.1) is 11.8 Å². The maximum absolute atomic E-state index is 11.0. The topological polar surface area (TPSA) is 20.2 Å². The Morgan fingerprint density at radius 3 is 1.81 bits per heavy atom. The number of rotatable bonds is 3. The summed E-state index contributed by atoms with van der Waals surface area (Å²) >= 11 is 1.68. The predicted molar refractivity (Wildman–Crippen MR) is 92.4 cm³/mol. The van der Waals surface area contributed by atoms with Crippen LogP contribution in [-0.2, 0) is 0 Å². The fourth-order valence-corrected chi connectivity index (χ4v) is 3.62. The van der Waals surface area contributed by atoms with Crippen molar-refractivity contribution in [3.63, 3.8) is 0 Å². The van der Waals surface area contributed by atoms with Crippen molar-refractivity contribution in [2.45, 2.75) is 45.6 Å². The second-order valence-corrected chi connectivity index (χ2v) is 6.53. The summed E-state index contributed by atoms with van der Waals surface area (Å²) in [6, 6.07) is 8.12. The van der Waals surface area contributed by atoms with Gasteiger partial charge in [-0.05, 0) is 85.9 Å². The van der Waals surface area contributed by atoms with Gasteiger partial charge in [0.25, 0.3) is 0 Å². The smallest absolute Gasteiger partial charge is 0.106 e. The van der Waals surface area contributed by atoms with Gasteiger partial charge < -0.3 is 5.11 Å². The minimum atomic E-state index is -0.563. The summed E-state index contributed by atoms with van der Waals surface area (Å²) in [5.74, 6) is 0. The summed E-state index contributed by atoms with van der Waals surface area (Å²) in [6.45, 7) is 10.7. The van der Waals surface area contributed by atoms with Crippen molar-refractivity contribution in [1.82, 2.24) is 0 Å². The third kappa shape index (κ3) is 2.75. The third-order valence-electron chi connectivity index (χ3n) is 4.76. The van der Waals surface area contributed by atoms with E-state index >= 15 is 0 Å². The first-order valence-electron chi connectivity index (χ1n) is 7.28. The van der Waals surface area contributed by atoms with Crippen LogP contribution in [0.15, 0.2) is 29.2 Å². The molecule has 0 aromatic heterocycles. The molecule has 0 fully saturated rings. The highest BCUT2D eigenvalue weighted by Gasteiger charge is 2.21. The van der Waals surface area contributed by atoms with Gasteiger partial charge in [-0.1, -0.05) is 18.2 Å². The molecule has 0 aliphatic heterocycles. The van der Waals surface area contributed by atoms with Gasteiger partial charge in [0, 0.05) is 4.90 Å². The average molecular weight is 300 g/mol. The number of hydrogen-bond donors (Lipinski definition) is 1. The van der Waals surface area contributed by atoms with Crippen molar-refractivity contribution in [2.24, 2.45) is 0 Å². The van der Waals surface area contributed by atoms with Crippen molar-refractivity contribution >= 4 is 11.8 Å². The number of aliphatic hydroxyl groups excluding tert-OH is 1. The normalized spacial score (nSPS) is 12.5. The molecule has 0 heterocycles. The van der Waals surface area contributed by atoms with Gasteiger partial charge in [0.1, 0.15) is 6.10 Å². The van der Waals surface area contributed by atoms with E-state index in [-0.39, 0.29) is 0 Å². The molecule has 1 nitrogen and oxygen atoms in total. The molecule has 1 N–H and O–H groups in total. The molecule has 2 heteroatoms. The molecule has 0 saturated carbocycles. The lowest BCUT2D eigenvalue weighted by Crippen LogP contribution is -2.10. The standard InChI is InChI=1S/C19H24OS/c1-11-12(2)14(4)18(15(5)13(11)3)19(20)16-9-7-8-10-17(16)21-6/h7-10,19-20H,1-6H3. The molecule has 2 aromatic rings. The molecule has 0 amide bonds. The van der Waals surface area contributed by atoms with Crippen LogP contribution in [-0.4, -0.2) is 11.4 Å². The fraction of sp³-hybridized carbons (Fsp3) is 0.368. The Labute approximate surface area is 132 Å².